The predicted octanol–water partition coefficient (Wildman–Crippen LogP) is 2.86. The summed E-state index contributed by atoms with van der Waals surface area (Å²) in [7, 11) is 0. The van der Waals surface area contributed by atoms with E-state index in [1.165, 1.54) is 0 Å². The molecule has 5 rings (SSSR count). The average Bonchev–Trinajstić information content (AvgIpc) is 3.44. The number of ether oxygens (including phenoxy) is 1. The van der Waals surface area contributed by atoms with Gasteiger partial charge in [0.1, 0.15) is 23.7 Å². The average molecular weight is 569 g/mol. The molecule has 0 radical (unpaired) electrons. The summed E-state index contributed by atoms with van der Waals surface area (Å²) >= 11 is 0. The Balaban J connectivity index is 1.36. The fraction of sp³-hybridized carbons (Fsp3) is 0.387. The van der Waals surface area contributed by atoms with Gasteiger partial charge in [0.25, 0.3) is 0 Å². The zero-order chi connectivity index (χ0) is 29.7. The molecule has 1 aliphatic heterocycles. The van der Waals surface area contributed by atoms with Crippen LogP contribution in [-0.2, 0) is 11.2 Å². The Labute approximate surface area is 245 Å². The number of hydrogen-bond acceptors (Lipinski definition) is 9. The first-order chi connectivity index (χ1) is 20.4. The van der Waals surface area contributed by atoms with Crippen LogP contribution in [-0.4, -0.2) is 68.0 Å². The lowest BCUT2D eigenvalue weighted by molar-refractivity contribution is -0.127. The minimum Gasteiger partial charge on any atom is -0.492 e. The van der Waals surface area contributed by atoms with Gasteiger partial charge in [0.2, 0.25) is 5.91 Å². The predicted molar refractivity (Wildman–Crippen MR) is 159 cm³/mol. The van der Waals surface area contributed by atoms with Gasteiger partial charge >= 0.3 is 0 Å². The van der Waals surface area contributed by atoms with Crippen molar-refractivity contribution in [3.05, 3.63) is 72.4 Å². The van der Waals surface area contributed by atoms with Crippen LogP contribution < -0.4 is 20.7 Å². The Morgan fingerprint density at radius 3 is 2.67 bits per heavy atom. The molecule has 4 aromatic heterocycles. The fourth-order valence-electron chi connectivity index (χ4n) is 5.51. The molecule has 1 amide bonds. The molecule has 2 atom stereocenters. The van der Waals surface area contributed by atoms with Gasteiger partial charge in [0, 0.05) is 54.3 Å². The third kappa shape index (κ3) is 6.05. The second-order valence-electron chi connectivity index (χ2n) is 10.6. The van der Waals surface area contributed by atoms with Gasteiger partial charge in [-0.15, -0.1) is 0 Å². The molecule has 0 aromatic carbocycles. The Kier molecular flexibility index (Phi) is 8.66. The van der Waals surface area contributed by atoms with Crippen LogP contribution in [0.3, 0.4) is 0 Å². The molecule has 0 spiro atoms. The number of carbonyl (C=O) groups is 1. The molecule has 1 fully saturated rings. The highest BCUT2D eigenvalue weighted by atomic mass is 16.5. The Morgan fingerprint density at radius 2 is 2.02 bits per heavy atom. The molecule has 1 aliphatic rings. The summed E-state index contributed by atoms with van der Waals surface area (Å²) in [5, 5.41) is 27.3. The molecule has 0 bridgehead atoms. The maximum Gasteiger partial charge on any atom is 0.240 e. The number of piperidine rings is 1. The number of aliphatic hydroxyl groups excluding tert-OH is 1. The number of rotatable bonds is 10. The van der Waals surface area contributed by atoms with Crippen LogP contribution in [0, 0.1) is 11.3 Å². The van der Waals surface area contributed by atoms with Crippen molar-refractivity contribution in [3.63, 3.8) is 0 Å². The maximum atomic E-state index is 13.0. The standard InChI is InChI=1S/C31H36N8O3/c1-3-26(40)28(33)30(41)37-31(16-23-7-5-6-12-34-23)10-13-38(14-11-31)27-9-8-21(18-35-27)25-15-24(42-4-2)20-39-29(25)22(17-32)19-36-39/h5-9,12,15,18-20,26,28,40H,3-4,10-11,13-14,16,33H2,1-2H3,(H,37,41)/t26-,28+/m1/s1. The number of fused-ring (bicyclic) bond motifs is 1. The van der Waals surface area contributed by atoms with E-state index in [2.05, 4.69) is 26.4 Å². The third-order valence-corrected chi connectivity index (χ3v) is 7.89. The first kappa shape index (κ1) is 29.0. The van der Waals surface area contributed by atoms with Crippen molar-refractivity contribution in [2.24, 2.45) is 5.73 Å². The molecule has 11 nitrogen and oxygen atoms in total. The molecule has 11 heteroatoms. The number of nitrogens with two attached hydrogens (primary N) is 1. The van der Waals surface area contributed by atoms with E-state index >= 15 is 0 Å². The van der Waals surface area contributed by atoms with Gasteiger partial charge in [0.05, 0.1) is 36.2 Å². The van der Waals surface area contributed by atoms with Gasteiger partial charge in [-0.3, -0.25) is 9.78 Å². The maximum absolute atomic E-state index is 13.0. The lowest BCUT2D eigenvalue weighted by Crippen LogP contribution is -2.61. The number of amides is 1. The minimum atomic E-state index is -0.993. The van der Waals surface area contributed by atoms with Crippen molar-refractivity contribution in [2.45, 2.75) is 57.2 Å². The zero-order valence-corrected chi connectivity index (χ0v) is 23.9. The number of anilines is 1. The van der Waals surface area contributed by atoms with Gasteiger partial charge in [-0.1, -0.05) is 13.0 Å². The summed E-state index contributed by atoms with van der Waals surface area (Å²) in [6, 6.07) is 12.9. The quantitative estimate of drug-likeness (QED) is 0.262. The van der Waals surface area contributed by atoms with Gasteiger partial charge in [0.15, 0.2) is 0 Å². The van der Waals surface area contributed by atoms with Crippen LogP contribution in [0.15, 0.2) is 61.2 Å². The molecule has 4 N–H and O–H groups in total. The number of aliphatic hydroxyl groups is 1. The van der Waals surface area contributed by atoms with Crippen molar-refractivity contribution in [1.82, 2.24) is 24.9 Å². The highest BCUT2D eigenvalue weighted by molar-refractivity contribution is 5.85. The lowest BCUT2D eigenvalue weighted by Gasteiger charge is -2.43. The summed E-state index contributed by atoms with van der Waals surface area (Å²) in [6.45, 7) is 5.56. The minimum absolute atomic E-state index is 0.353. The van der Waals surface area contributed by atoms with E-state index in [0.717, 1.165) is 22.6 Å². The SMILES string of the molecule is CCOc1cc(-c2ccc(N3CCC(Cc4ccccn4)(NC(=O)[C@@H](N)[C@H](O)CC)CC3)nc2)c2c(C#N)cnn2c1. The van der Waals surface area contributed by atoms with Gasteiger partial charge in [-0.05, 0) is 56.5 Å². The number of nitrogens with zero attached hydrogens (tertiary/aromatic N) is 6. The topological polar surface area (TPSA) is 155 Å². The van der Waals surface area contributed by atoms with Crippen LogP contribution in [0.5, 0.6) is 5.75 Å². The number of nitriles is 1. The number of hydrogen-bond donors (Lipinski definition) is 3. The molecule has 42 heavy (non-hydrogen) atoms. The van der Waals surface area contributed by atoms with E-state index in [1.54, 1.807) is 36.2 Å². The van der Waals surface area contributed by atoms with Crippen molar-refractivity contribution in [2.75, 3.05) is 24.6 Å². The van der Waals surface area contributed by atoms with E-state index in [9.17, 15) is 15.2 Å². The summed E-state index contributed by atoms with van der Waals surface area (Å²) in [5.74, 6) is 1.12. The molecular formula is C31H36N8O3. The Morgan fingerprint density at radius 1 is 1.21 bits per heavy atom. The Bertz CT molecular complexity index is 1560. The highest BCUT2D eigenvalue weighted by Crippen LogP contribution is 2.33. The number of nitrogens with one attached hydrogen (secondary N) is 1. The molecular weight excluding hydrogens is 532 g/mol. The first-order valence-corrected chi connectivity index (χ1v) is 14.3. The van der Waals surface area contributed by atoms with E-state index in [4.69, 9.17) is 15.5 Å². The van der Waals surface area contributed by atoms with E-state index in [1.807, 2.05) is 43.3 Å². The number of carbonyl (C=O) groups excluding carboxylic acids is 1. The van der Waals surface area contributed by atoms with Gasteiger partial charge < -0.3 is 25.8 Å². The molecule has 1 saturated heterocycles. The van der Waals surface area contributed by atoms with E-state index in [-0.39, 0.29) is 5.91 Å². The number of aromatic nitrogens is 4. The first-order valence-electron chi connectivity index (χ1n) is 14.3. The monoisotopic (exact) mass is 568 g/mol. The third-order valence-electron chi connectivity index (χ3n) is 7.89. The van der Waals surface area contributed by atoms with E-state index in [0.29, 0.717) is 62.2 Å². The van der Waals surface area contributed by atoms with Crippen LogP contribution in [0.4, 0.5) is 5.82 Å². The van der Waals surface area contributed by atoms with Crippen molar-refractivity contribution >= 4 is 17.2 Å². The summed E-state index contributed by atoms with van der Waals surface area (Å²) in [6.07, 6.45) is 8.25. The van der Waals surface area contributed by atoms with Gasteiger partial charge in [-0.25, -0.2) is 9.50 Å². The van der Waals surface area contributed by atoms with Crippen LogP contribution in [0.1, 0.15) is 44.4 Å². The molecule has 0 unspecified atom stereocenters. The van der Waals surface area contributed by atoms with Crippen molar-refractivity contribution in [3.8, 4) is 22.9 Å². The second kappa shape index (κ2) is 12.5. The largest absolute Gasteiger partial charge is 0.492 e. The summed E-state index contributed by atoms with van der Waals surface area (Å²) < 4.78 is 7.40. The summed E-state index contributed by atoms with van der Waals surface area (Å²) in [4.78, 5) is 24.5. The summed E-state index contributed by atoms with van der Waals surface area (Å²) in [5.41, 5.74) is 9.24. The van der Waals surface area contributed by atoms with Gasteiger partial charge in [-0.2, -0.15) is 10.4 Å². The molecule has 5 heterocycles. The highest BCUT2D eigenvalue weighted by Gasteiger charge is 2.38. The van der Waals surface area contributed by atoms with E-state index < -0.39 is 17.7 Å². The van der Waals surface area contributed by atoms with Crippen LogP contribution in [0.2, 0.25) is 0 Å². The van der Waals surface area contributed by atoms with Crippen molar-refractivity contribution in [1.29, 1.82) is 5.26 Å². The molecule has 218 valence electrons. The zero-order valence-electron chi connectivity index (χ0n) is 23.9. The van der Waals surface area contributed by atoms with Crippen LogP contribution >= 0.6 is 0 Å². The molecule has 0 aliphatic carbocycles. The smallest absolute Gasteiger partial charge is 0.240 e. The molecule has 4 aromatic rings. The van der Waals surface area contributed by atoms with Crippen LogP contribution in [0.25, 0.3) is 16.6 Å². The Hall–Kier alpha value is -4.53. The molecule has 0 saturated carbocycles. The normalized spacial score (nSPS) is 16.0. The second-order valence-corrected chi connectivity index (χ2v) is 10.6. The number of pyridine rings is 3. The fourth-order valence-corrected chi connectivity index (χ4v) is 5.51. The lowest BCUT2D eigenvalue weighted by atomic mass is 9.82. The van der Waals surface area contributed by atoms with Crippen molar-refractivity contribution < 1.29 is 14.6 Å².